The van der Waals surface area contributed by atoms with E-state index in [9.17, 15) is 9.18 Å². The molecule has 0 bridgehead atoms. The average molecular weight is 326 g/mol. The van der Waals surface area contributed by atoms with Crippen molar-refractivity contribution in [3.05, 3.63) is 46.1 Å². The van der Waals surface area contributed by atoms with Crippen LogP contribution in [0, 0.1) is 19.7 Å². The zero-order valence-electron chi connectivity index (χ0n) is 12.6. The Bertz CT molecular complexity index is 668. The number of nitrogens with zero attached hydrogens (tertiary/aromatic N) is 2. The Hall–Kier alpha value is -1.92. The van der Waals surface area contributed by atoms with Gasteiger partial charge in [-0.25, -0.2) is 4.39 Å². The normalized spacial score (nSPS) is 11.0. The minimum absolute atomic E-state index is 0.164. The fourth-order valence-electron chi connectivity index (χ4n) is 2.08. The van der Waals surface area contributed by atoms with Crippen LogP contribution < -0.4 is 5.32 Å². The Labute approximate surface area is 133 Å². The first-order valence-electron chi connectivity index (χ1n) is 6.72. The van der Waals surface area contributed by atoms with Gasteiger partial charge in [0.2, 0.25) is 5.91 Å². The van der Waals surface area contributed by atoms with Crippen LogP contribution in [-0.4, -0.2) is 29.6 Å². The highest BCUT2D eigenvalue weighted by Crippen LogP contribution is 2.22. The number of anilines is 1. The van der Waals surface area contributed by atoms with Gasteiger partial charge >= 0.3 is 0 Å². The molecule has 2 aromatic rings. The topological polar surface area (TPSA) is 58.4 Å². The maximum atomic E-state index is 13.0. The molecule has 0 aliphatic carbocycles. The molecule has 0 atom stereocenters. The van der Waals surface area contributed by atoms with Crippen LogP contribution in [0.1, 0.15) is 17.0 Å². The standard InChI is InChI=1S/C15H17ClFN3O2/c1-9-12(10(2)22-19-9)7-20(3)8-15(21)18-14-5-4-11(17)6-13(14)16/h4-6H,7-8H2,1-3H3,(H,18,21). The van der Waals surface area contributed by atoms with Crippen molar-refractivity contribution in [2.24, 2.45) is 0 Å². The third kappa shape index (κ3) is 4.05. The largest absolute Gasteiger partial charge is 0.361 e. The molecule has 1 aromatic carbocycles. The van der Waals surface area contributed by atoms with Gasteiger partial charge in [0.15, 0.2) is 0 Å². The van der Waals surface area contributed by atoms with Crippen molar-refractivity contribution in [2.45, 2.75) is 20.4 Å². The van der Waals surface area contributed by atoms with Crippen LogP contribution in [0.3, 0.4) is 0 Å². The first kappa shape index (κ1) is 16.5. The van der Waals surface area contributed by atoms with E-state index in [0.29, 0.717) is 12.2 Å². The molecule has 22 heavy (non-hydrogen) atoms. The highest BCUT2D eigenvalue weighted by Gasteiger charge is 2.14. The van der Waals surface area contributed by atoms with Gasteiger partial charge in [-0.3, -0.25) is 9.69 Å². The van der Waals surface area contributed by atoms with Crippen LogP contribution in [0.15, 0.2) is 22.7 Å². The lowest BCUT2D eigenvalue weighted by molar-refractivity contribution is -0.117. The van der Waals surface area contributed by atoms with Crippen LogP contribution in [0.4, 0.5) is 10.1 Å². The number of nitrogens with one attached hydrogen (secondary N) is 1. The van der Waals surface area contributed by atoms with Crippen molar-refractivity contribution in [3.63, 3.8) is 0 Å². The second kappa shape index (κ2) is 6.89. The van der Waals surface area contributed by atoms with Gasteiger partial charge in [0, 0.05) is 12.1 Å². The summed E-state index contributed by atoms with van der Waals surface area (Å²) in [5.41, 5.74) is 2.17. The van der Waals surface area contributed by atoms with Gasteiger partial charge in [-0.05, 0) is 39.1 Å². The number of rotatable bonds is 5. The summed E-state index contributed by atoms with van der Waals surface area (Å²) in [5, 5.41) is 6.71. The third-order valence-electron chi connectivity index (χ3n) is 3.23. The van der Waals surface area contributed by atoms with E-state index in [4.69, 9.17) is 16.1 Å². The lowest BCUT2D eigenvalue weighted by Crippen LogP contribution is -2.30. The molecule has 0 aliphatic rings. The van der Waals surface area contributed by atoms with Crippen molar-refractivity contribution in [1.82, 2.24) is 10.1 Å². The fourth-order valence-corrected chi connectivity index (χ4v) is 2.29. The number of benzene rings is 1. The molecular formula is C15H17ClFN3O2. The Kier molecular flexibility index (Phi) is 5.15. The van der Waals surface area contributed by atoms with Gasteiger partial charge < -0.3 is 9.84 Å². The zero-order valence-corrected chi connectivity index (χ0v) is 13.4. The summed E-state index contributed by atoms with van der Waals surface area (Å²) in [6.45, 7) is 4.41. The highest BCUT2D eigenvalue weighted by molar-refractivity contribution is 6.33. The Morgan fingerprint density at radius 1 is 1.45 bits per heavy atom. The molecule has 0 radical (unpaired) electrons. The number of carbonyl (C=O) groups is 1. The quantitative estimate of drug-likeness (QED) is 0.917. The highest BCUT2D eigenvalue weighted by atomic mass is 35.5. The van der Waals surface area contributed by atoms with E-state index in [0.717, 1.165) is 23.1 Å². The summed E-state index contributed by atoms with van der Waals surface area (Å²) in [5.74, 6) is 0.0626. The lowest BCUT2D eigenvalue weighted by atomic mass is 10.2. The van der Waals surface area contributed by atoms with Crippen molar-refractivity contribution in [2.75, 3.05) is 18.9 Å². The van der Waals surface area contributed by atoms with Crippen molar-refractivity contribution in [1.29, 1.82) is 0 Å². The number of carbonyl (C=O) groups excluding carboxylic acids is 1. The van der Waals surface area contributed by atoms with Gasteiger partial charge in [-0.15, -0.1) is 0 Å². The monoisotopic (exact) mass is 325 g/mol. The minimum Gasteiger partial charge on any atom is -0.361 e. The Morgan fingerprint density at radius 3 is 2.77 bits per heavy atom. The number of hydrogen-bond donors (Lipinski definition) is 1. The number of aromatic nitrogens is 1. The molecule has 0 saturated carbocycles. The second-order valence-electron chi connectivity index (χ2n) is 5.15. The molecule has 0 unspecified atom stereocenters. The zero-order chi connectivity index (χ0) is 16.3. The summed E-state index contributed by atoms with van der Waals surface area (Å²) in [6, 6.07) is 3.84. The van der Waals surface area contributed by atoms with Gasteiger partial charge in [0.25, 0.3) is 0 Å². The van der Waals surface area contributed by atoms with Crippen LogP contribution >= 0.6 is 11.6 Å². The molecule has 0 spiro atoms. The summed E-state index contributed by atoms with van der Waals surface area (Å²) >= 11 is 5.88. The van der Waals surface area contributed by atoms with Crippen molar-refractivity contribution in [3.8, 4) is 0 Å². The SMILES string of the molecule is Cc1noc(C)c1CN(C)CC(=O)Nc1ccc(F)cc1Cl. The molecule has 1 amide bonds. The lowest BCUT2D eigenvalue weighted by Gasteiger charge is -2.16. The number of halogens is 2. The summed E-state index contributed by atoms with van der Waals surface area (Å²) in [6.07, 6.45) is 0. The van der Waals surface area contributed by atoms with E-state index < -0.39 is 5.82 Å². The number of aryl methyl sites for hydroxylation is 2. The first-order valence-corrected chi connectivity index (χ1v) is 7.10. The number of hydrogen-bond acceptors (Lipinski definition) is 4. The van der Waals surface area contributed by atoms with Crippen LogP contribution in [-0.2, 0) is 11.3 Å². The summed E-state index contributed by atoms with van der Waals surface area (Å²) in [4.78, 5) is 13.8. The van der Waals surface area contributed by atoms with Gasteiger partial charge in [0.05, 0.1) is 22.9 Å². The molecule has 0 aliphatic heterocycles. The van der Waals surface area contributed by atoms with E-state index in [1.54, 1.807) is 0 Å². The molecule has 7 heteroatoms. The molecule has 1 heterocycles. The van der Waals surface area contributed by atoms with E-state index >= 15 is 0 Å². The second-order valence-corrected chi connectivity index (χ2v) is 5.55. The Balaban J connectivity index is 1.94. The molecule has 0 saturated heterocycles. The third-order valence-corrected chi connectivity index (χ3v) is 3.54. The van der Waals surface area contributed by atoms with Crippen LogP contribution in [0.5, 0.6) is 0 Å². The van der Waals surface area contributed by atoms with E-state index in [1.807, 2.05) is 25.8 Å². The van der Waals surface area contributed by atoms with Gasteiger partial charge in [-0.2, -0.15) is 0 Å². The first-order chi connectivity index (χ1) is 10.4. The molecule has 118 valence electrons. The maximum absolute atomic E-state index is 13.0. The maximum Gasteiger partial charge on any atom is 0.238 e. The molecular weight excluding hydrogens is 309 g/mol. The smallest absolute Gasteiger partial charge is 0.238 e. The van der Waals surface area contributed by atoms with E-state index in [-0.39, 0.29) is 17.5 Å². The van der Waals surface area contributed by atoms with Gasteiger partial charge in [-0.1, -0.05) is 16.8 Å². The number of likely N-dealkylation sites (N-methyl/N-ethyl adjacent to an activating group) is 1. The fraction of sp³-hybridized carbons (Fsp3) is 0.333. The number of amides is 1. The summed E-state index contributed by atoms with van der Waals surface area (Å²) in [7, 11) is 1.82. The van der Waals surface area contributed by atoms with E-state index in [2.05, 4.69) is 10.5 Å². The predicted molar refractivity (Wildman–Crippen MR) is 82.4 cm³/mol. The molecule has 0 fully saturated rings. The molecule has 5 nitrogen and oxygen atoms in total. The van der Waals surface area contributed by atoms with Crippen LogP contribution in [0.25, 0.3) is 0 Å². The predicted octanol–water partition coefficient (Wildman–Crippen LogP) is 3.15. The van der Waals surface area contributed by atoms with E-state index in [1.165, 1.54) is 12.1 Å². The average Bonchev–Trinajstić information content (AvgIpc) is 2.73. The Morgan fingerprint density at radius 2 is 2.18 bits per heavy atom. The van der Waals surface area contributed by atoms with Crippen molar-refractivity contribution >= 4 is 23.2 Å². The summed E-state index contributed by atoms with van der Waals surface area (Å²) < 4.78 is 18.1. The molecule has 1 N–H and O–H groups in total. The van der Waals surface area contributed by atoms with Gasteiger partial charge in [0.1, 0.15) is 11.6 Å². The van der Waals surface area contributed by atoms with Crippen molar-refractivity contribution < 1.29 is 13.7 Å². The minimum atomic E-state index is -0.446. The van der Waals surface area contributed by atoms with Crippen LogP contribution in [0.2, 0.25) is 5.02 Å². The molecule has 1 aromatic heterocycles. The molecule has 2 rings (SSSR count).